The molecule has 1 aliphatic rings. The summed E-state index contributed by atoms with van der Waals surface area (Å²) in [6.07, 6.45) is 4.02. The molecule has 1 N–H and O–H groups in total. The largest absolute Gasteiger partial charge is 0.357 e. The zero-order chi connectivity index (χ0) is 17.0. The van der Waals surface area contributed by atoms with E-state index < -0.39 is 15.8 Å². The SMILES string of the molecule is O=S(=O)(Cc1cccc(F)c1)NCc1ccnc(N2CCCC2)c1. The van der Waals surface area contributed by atoms with Crippen LogP contribution in [-0.2, 0) is 22.3 Å². The number of aromatic nitrogens is 1. The van der Waals surface area contributed by atoms with Crippen molar-refractivity contribution in [1.29, 1.82) is 0 Å². The van der Waals surface area contributed by atoms with Crippen LogP contribution in [0.4, 0.5) is 10.2 Å². The van der Waals surface area contributed by atoms with Crippen LogP contribution >= 0.6 is 0 Å². The fourth-order valence-corrected chi connectivity index (χ4v) is 3.89. The van der Waals surface area contributed by atoms with Crippen LogP contribution in [-0.4, -0.2) is 26.5 Å². The third-order valence-corrected chi connectivity index (χ3v) is 5.28. The first-order valence-electron chi connectivity index (χ1n) is 7.93. The molecule has 3 rings (SSSR count). The van der Waals surface area contributed by atoms with Gasteiger partial charge in [-0.2, -0.15) is 0 Å². The number of rotatable bonds is 6. The predicted molar refractivity (Wildman–Crippen MR) is 91.5 cm³/mol. The highest BCUT2D eigenvalue weighted by Crippen LogP contribution is 2.18. The van der Waals surface area contributed by atoms with E-state index in [2.05, 4.69) is 14.6 Å². The van der Waals surface area contributed by atoms with E-state index in [0.29, 0.717) is 5.56 Å². The molecule has 0 unspecified atom stereocenters. The van der Waals surface area contributed by atoms with Crippen LogP contribution in [0.5, 0.6) is 0 Å². The molecule has 5 nitrogen and oxygen atoms in total. The Labute approximate surface area is 141 Å². The molecule has 0 aliphatic carbocycles. The Morgan fingerprint density at radius 3 is 2.67 bits per heavy atom. The van der Waals surface area contributed by atoms with E-state index in [4.69, 9.17) is 0 Å². The van der Waals surface area contributed by atoms with Gasteiger partial charge in [-0.25, -0.2) is 22.5 Å². The second kappa shape index (κ2) is 7.27. The predicted octanol–water partition coefficient (Wildman–Crippen LogP) is 2.44. The fraction of sp³-hybridized carbons (Fsp3) is 0.353. The van der Waals surface area contributed by atoms with Crippen LogP contribution in [0, 0.1) is 5.82 Å². The van der Waals surface area contributed by atoms with Gasteiger partial charge in [-0.05, 0) is 48.2 Å². The number of hydrogen-bond donors (Lipinski definition) is 1. The van der Waals surface area contributed by atoms with Crippen molar-refractivity contribution in [1.82, 2.24) is 9.71 Å². The number of benzene rings is 1. The van der Waals surface area contributed by atoms with Gasteiger partial charge in [0, 0.05) is 25.8 Å². The first-order chi connectivity index (χ1) is 11.5. The molecule has 1 aliphatic heterocycles. The van der Waals surface area contributed by atoms with E-state index in [-0.39, 0.29) is 12.3 Å². The van der Waals surface area contributed by atoms with E-state index in [1.165, 1.54) is 18.2 Å². The monoisotopic (exact) mass is 349 g/mol. The smallest absolute Gasteiger partial charge is 0.216 e. The average molecular weight is 349 g/mol. The van der Waals surface area contributed by atoms with Gasteiger partial charge in [0.2, 0.25) is 10.0 Å². The molecule has 0 atom stereocenters. The number of anilines is 1. The lowest BCUT2D eigenvalue weighted by Crippen LogP contribution is -2.25. The van der Waals surface area contributed by atoms with Gasteiger partial charge in [0.15, 0.2) is 0 Å². The minimum Gasteiger partial charge on any atom is -0.357 e. The molecule has 2 heterocycles. The first-order valence-corrected chi connectivity index (χ1v) is 9.59. The Bertz CT molecular complexity index is 805. The van der Waals surface area contributed by atoms with Crippen LogP contribution in [0.25, 0.3) is 0 Å². The van der Waals surface area contributed by atoms with Crippen molar-refractivity contribution in [2.24, 2.45) is 0 Å². The maximum Gasteiger partial charge on any atom is 0.216 e. The topological polar surface area (TPSA) is 62.3 Å². The van der Waals surface area contributed by atoms with Crippen molar-refractivity contribution in [3.8, 4) is 0 Å². The lowest BCUT2D eigenvalue weighted by molar-refractivity contribution is 0.580. The highest BCUT2D eigenvalue weighted by molar-refractivity contribution is 7.88. The third-order valence-electron chi connectivity index (χ3n) is 3.98. The Morgan fingerprint density at radius 2 is 1.92 bits per heavy atom. The molecule has 24 heavy (non-hydrogen) atoms. The van der Waals surface area contributed by atoms with E-state index in [1.54, 1.807) is 18.3 Å². The summed E-state index contributed by atoms with van der Waals surface area (Å²) in [5, 5.41) is 0. The summed E-state index contributed by atoms with van der Waals surface area (Å²) in [6, 6.07) is 9.34. The molecule has 0 spiro atoms. The maximum absolute atomic E-state index is 13.2. The summed E-state index contributed by atoms with van der Waals surface area (Å²) in [7, 11) is -3.53. The van der Waals surface area contributed by atoms with Crippen LogP contribution in [0.2, 0.25) is 0 Å². The lowest BCUT2D eigenvalue weighted by Gasteiger charge is -2.17. The Balaban J connectivity index is 1.63. The van der Waals surface area contributed by atoms with Crippen LogP contribution in [0.15, 0.2) is 42.6 Å². The second-order valence-electron chi connectivity index (χ2n) is 5.93. The molecule has 1 fully saturated rings. The summed E-state index contributed by atoms with van der Waals surface area (Å²) in [4.78, 5) is 6.55. The normalized spacial score (nSPS) is 15.0. The molecule has 128 valence electrons. The number of hydrogen-bond acceptors (Lipinski definition) is 4. The molecule has 1 aromatic heterocycles. The summed E-state index contributed by atoms with van der Waals surface area (Å²) in [5.41, 5.74) is 1.28. The summed E-state index contributed by atoms with van der Waals surface area (Å²) >= 11 is 0. The summed E-state index contributed by atoms with van der Waals surface area (Å²) < 4.78 is 40.1. The molecular formula is C17H20FN3O2S. The lowest BCUT2D eigenvalue weighted by atomic mass is 10.2. The molecule has 2 aromatic rings. The van der Waals surface area contributed by atoms with E-state index in [9.17, 15) is 12.8 Å². The zero-order valence-electron chi connectivity index (χ0n) is 13.3. The van der Waals surface area contributed by atoms with Crippen molar-refractivity contribution < 1.29 is 12.8 Å². The van der Waals surface area contributed by atoms with E-state index in [0.717, 1.165) is 37.3 Å². The molecule has 1 saturated heterocycles. The second-order valence-corrected chi connectivity index (χ2v) is 7.73. The summed E-state index contributed by atoms with van der Waals surface area (Å²) in [5.74, 6) is 0.205. The van der Waals surface area contributed by atoms with Crippen molar-refractivity contribution in [3.63, 3.8) is 0 Å². The molecular weight excluding hydrogens is 329 g/mol. The average Bonchev–Trinajstić information content (AvgIpc) is 3.07. The fourth-order valence-electron chi connectivity index (χ4n) is 2.78. The Morgan fingerprint density at radius 1 is 1.12 bits per heavy atom. The highest BCUT2D eigenvalue weighted by Gasteiger charge is 2.15. The Kier molecular flexibility index (Phi) is 5.11. The van der Waals surface area contributed by atoms with Gasteiger partial charge >= 0.3 is 0 Å². The van der Waals surface area contributed by atoms with Gasteiger partial charge in [-0.15, -0.1) is 0 Å². The number of pyridine rings is 1. The van der Waals surface area contributed by atoms with Gasteiger partial charge < -0.3 is 4.90 Å². The van der Waals surface area contributed by atoms with Crippen molar-refractivity contribution in [2.75, 3.05) is 18.0 Å². The molecule has 0 amide bonds. The van der Waals surface area contributed by atoms with Gasteiger partial charge in [-0.3, -0.25) is 0 Å². The van der Waals surface area contributed by atoms with Gasteiger partial charge in [-0.1, -0.05) is 12.1 Å². The standard InChI is InChI=1S/C17H20FN3O2S/c18-16-5-3-4-15(10-16)13-24(22,23)20-12-14-6-7-19-17(11-14)21-8-1-2-9-21/h3-7,10-11,20H,1-2,8-9,12-13H2. The number of sulfonamides is 1. The van der Waals surface area contributed by atoms with Crippen molar-refractivity contribution in [2.45, 2.75) is 25.1 Å². The zero-order valence-corrected chi connectivity index (χ0v) is 14.1. The Hall–Kier alpha value is -1.99. The van der Waals surface area contributed by atoms with Crippen LogP contribution in [0.1, 0.15) is 24.0 Å². The van der Waals surface area contributed by atoms with Gasteiger partial charge in [0.05, 0.1) is 5.75 Å². The number of nitrogens with zero attached hydrogens (tertiary/aromatic N) is 2. The molecule has 7 heteroatoms. The van der Waals surface area contributed by atoms with Crippen LogP contribution < -0.4 is 9.62 Å². The minimum atomic E-state index is -3.53. The molecule has 0 radical (unpaired) electrons. The summed E-state index contributed by atoms with van der Waals surface area (Å²) in [6.45, 7) is 2.17. The molecule has 1 aromatic carbocycles. The van der Waals surface area contributed by atoms with Crippen molar-refractivity contribution in [3.05, 3.63) is 59.5 Å². The van der Waals surface area contributed by atoms with Crippen molar-refractivity contribution >= 4 is 15.8 Å². The first kappa shape index (κ1) is 16.9. The molecule has 0 saturated carbocycles. The van der Waals surface area contributed by atoms with Gasteiger partial charge in [0.25, 0.3) is 0 Å². The number of halogens is 1. The number of nitrogens with one attached hydrogen (secondary N) is 1. The highest BCUT2D eigenvalue weighted by atomic mass is 32.2. The maximum atomic E-state index is 13.2. The minimum absolute atomic E-state index is 0.195. The van der Waals surface area contributed by atoms with Gasteiger partial charge in [0.1, 0.15) is 11.6 Å². The molecule has 0 bridgehead atoms. The van der Waals surface area contributed by atoms with Crippen LogP contribution in [0.3, 0.4) is 0 Å². The third kappa shape index (κ3) is 4.52. The van der Waals surface area contributed by atoms with E-state index >= 15 is 0 Å². The quantitative estimate of drug-likeness (QED) is 0.870. The van der Waals surface area contributed by atoms with E-state index in [1.807, 2.05) is 6.07 Å².